The Kier molecular flexibility index (Phi) is 19.2. The molecule has 0 fully saturated rings. The highest BCUT2D eigenvalue weighted by molar-refractivity contribution is 5.98. The minimum absolute atomic E-state index is 0.0304. The molecule has 0 unspecified atom stereocenters. The molecular formula is C48H61N7O10. The van der Waals surface area contributed by atoms with Crippen molar-refractivity contribution in [2.75, 3.05) is 0 Å². The van der Waals surface area contributed by atoms with Crippen LogP contribution < -0.4 is 31.9 Å². The van der Waals surface area contributed by atoms with Crippen LogP contribution in [0.25, 0.3) is 10.9 Å². The maximum absolute atomic E-state index is 14.1. The lowest BCUT2D eigenvalue weighted by Crippen LogP contribution is -2.61. The summed E-state index contributed by atoms with van der Waals surface area (Å²) in [7, 11) is 0. The van der Waals surface area contributed by atoms with E-state index in [9.17, 15) is 48.6 Å². The van der Waals surface area contributed by atoms with Gasteiger partial charge in [0, 0.05) is 36.9 Å². The van der Waals surface area contributed by atoms with Crippen LogP contribution in [0.5, 0.6) is 0 Å². The van der Waals surface area contributed by atoms with E-state index in [1.54, 1.807) is 64.2 Å². The van der Waals surface area contributed by atoms with Gasteiger partial charge in [0.15, 0.2) is 0 Å². The minimum atomic E-state index is -1.72. The van der Waals surface area contributed by atoms with Gasteiger partial charge in [-0.05, 0) is 47.4 Å². The Hall–Kier alpha value is -7.04. The summed E-state index contributed by atoms with van der Waals surface area (Å²) in [5.41, 5.74) is 3.04. The number of H-pyrrole nitrogens is 1. The molecule has 0 aliphatic carbocycles. The zero-order valence-corrected chi connectivity index (χ0v) is 37.4. The Balaban J connectivity index is 1.54. The molecule has 1 aromatic heterocycles. The molecule has 0 aliphatic heterocycles. The second-order valence-electron chi connectivity index (χ2n) is 16.4. The Bertz CT molecular complexity index is 2270. The SMILES string of the molecule is CC[C@@H](C)[C@H](NC(=O)[C@H](CC(=O)O)NC(=O)[C@H](CCc1ccccc1)NC(=O)[C@@H](Cc1ccccc1)NC(C)=O)C(=O)N[C@H](C(=O)N[C@@H](Cc1c[nH]c2ccccc12)C(=O)O)[C@H](C)CC. The number of hydrogen-bond acceptors (Lipinski definition) is 8. The molecule has 0 aliphatic rings. The predicted octanol–water partition coefficient (Wildman–Crippen LogP) is 3.17. The highest BCUT2D eigenvalue weighted by Gasteiger charge is 2.37. The average molecular weight is 896 g/mol. The van der Waals surface area contributed by atoms with Crippen molar-refractivity contribution < 1.29 is 48.6 Å². The van der Waals surface area contributed by atoms with Crippen LogP contribution in [0.4, 0.5) is 0 Å². The quantitative estimate of drug-likeness (QED) is 0.0469. The molecule has 65 heavy (non-hydrogen) atoms. The third-order valence-electron chi connectivity index (χ3n) is 11.5. The monoisotopic (exact) mass is 895 g/mol. The van der Waals surface area contributed by atoms with Crippen LogP contribution in [0.3, 0.4) is 0 Å². The summed E-state index contributed by atoms with van der Waals surface area (Å²) in [5, 5.41) is 36.5. The number of aromatic nitrogens is 1. The van der Waals surface area contributed by atoms with Gasteiger partial charge in [-0.1, -0.05) is 119 Å². The first-order valence-electron chi connectivity index (χ1n) is 21.9. The van der Waals surface area contributed by atoms with Gasteiger partial charge in [0.05, 0.1) is 6.42 Å². The molecule has 4 aromatic rings. The summed E-state index contributed by atoms with van der Waals surface area (Å²) in [4.78, 5) is 110. The molecule has 348 valence electrons. The molecule has 0 bridgehead atoms. The minimum Gasteiger partial charge on any atom is -0.481 e. The third kappa shape index (κ3) is 15.3. The van der Waals surface area contributed by atoms with Gasteiger partial charge in [0.25, 0.3) is 0 Å². The van der Waals surface area contributed by atoms with Crippen LogP contribution >= 0.6 is 0 Å². The molecule has 4 rings (SSSR count). The molecule has 9 N–H and O–H groups in total. The van der Waals surface area contributed by atoms with Crippen molar-refractivity contribution >= 4 is 58.3 Å². The van der Waals surface area contributed by atoms with Gasteiger partial charge >= 0.3 is 11.9 Å². The largest absolute Gasteiger partial charge is 0.481 e. The highest BCUT2D eigenvalue weighted by atomic mass is 16.4. The standard InChI is InChI=1S/C48H61N7O10/c1-6-28(3)41(46(62)53-39(48(64)65)25-33-27-49-35-21-15-14-20-34(33)35)55-47(63)42(29(4)7-2)54-45(61)38(26-40(57)58)52-43(59)36(23-22-31-16-10-8-11-17-31)51-44(60)37(50-30(5)56)24-32-18-12-9-13-19-32/h8-21,27-29,36-39,41-42,49H,6-7,22-26H2,1-5H3,(H,50,56)(H,51,60)(H,52,59)(H,53,62)(H,54,61)(H,55,63)(H,57,58)(H,64,65)/t28-,29-,36+,37-,38+,39+,41+,42+/m1/s1. The molecule has 17 nitrogen and oxygen atoms in total. The van der Waals surface area contributed by atoms with Crippen molar-refractivity contribution in [3.05, 3.63) is 108 Å². The topological polar surface area (TPSA) is 265 Å². The Morgan fingerprint density at radius 2 is 1.05 bits per heavy atom. The zero-order valence-electron chi connectivity index (χ0n) is 37.4. The molecule has 0 radical (unpaired) electrons. The van der Waals surface area contributed by atoms with Gasteiger partial charge in [0.2, 0.25) is 35.4 Å². The molecule has 6 amide bonds. The smallest absolute Gasteiger partial charge is 0.326 e. The summed E-state index contributed by atoms with van der Waals surface area (Å²) in [6.45, 7) is 8.20. The lowest BCUT2D eigenvalue weighted by Gasteiger charge is -2.30. The van der Waals surface area contributed by atoms with Crippen molar-refractivity contribution in [2.24, 2.45) is 11.8 Å². The fourth-order valence-corrected chi connectivity index (χ4v) is 7.34. The maximum atomic E-state index is 14.1. The second kappa shape index (κ2) is 24.7. The fourth-order valence-electron chi connectivity index (χ4n) is 7.34. The van der Waals surface area contributed by atoms with Crippen molar-refractivity contribution in [2.45, 2.75) is 116 Å². The van der Waals surface area contributed by atoms with Gasteiger partial charge in [0.1, 0.15) is 36.3 Å². The van der Waals surface area contributed by atoms with Gasteiger partial charge in [-0.25, -0.2) is 4.79 Å². The molecule has 17 heteroatoms. The molecule has 8 atom stereocenters. The lowest BCUT2D eigenvalue weighted by molar-refractivity contribution is -0.142. The summed E-state index contributed by atoms with van der Waals surface area (Å²) < 4.78 is 0. The van der Waals surface area contributed by atoms with Crippen molar-refractivity contribution in [1.29, 1.82) is 0 Å². The van der Waals surface area contributed by atoms with Crippen molar-refractivity contribution in [3.8, 4) is 0 Å². The first-order chi connectivity index (χ1) is 31.0. The third-order valence-corrected chi connectivity index (χ3v) is 11.5. The van der Waals surface area contributed by atoms with E-state index in [1.807, 2.05) is 54.6 Å². The number of amides is 6. The fraction of sp³-hybridized carbons (Fsp3) is 0.417. The number of aromatic amines is 1. The van der Waals surface area contributed by atoms with E-state index in [2.05, 4.69) is 36.9 Å². The van der Waals surface area contributed by atoms with Crippen LogP contribution in [-0.4, -0.2) is 98.8 Å². The Morgan fingerprint density at radius 3 is 1.62 bits per heavy atom. The number of carbonyl (C=O) groups excluding carboxylic acids is 6. The van der Waals surface area contributed by atoms with Crippen LogP contribution in [0.2, 0.25) is 0 Å². The second-order valence-corrected chi connectivity index (χ2v) is 16.4. The van der Waals surface area contributed by atoms with E-state index >= 15 is 0 Å². The van der Waals surface area contributed by atoms with Crippen molar-refractivity contribution in [3.63, 3.8) is 0 Å². The van der Waals surface area contributed by atoms with Crippen LogP contribution in [0.1, 0.15) is 77.0 Å². The van der Waals surface area contributed by atoms with Gasteiger partial charge < -0.3 is 47.1 Å². The van der Waals surface area contributed by atoms with E-state index in [1.165, 1.54) is 6.92 Å². The molecule has 0 saturated carbocycles. The van der Waals surface area contributed by atoms with Crippen LogP contribution in [-0.2, 0) is 57.6 Å². The maximum Gasteiger partial charge on any atom is 0.326 e. The number of aliphatic carboxylic acids is 2. The number of rotatable bonds is 25. The normalized spacial score (nSPS) is 14.8. The van der Waals surface area contributed by atoms with E-state index < -0.39 is 102 Å². The predicted molar refractivity (Wildman–Crippen MR) is 243 cm³/mol. The van der Waals surface area contributed by atoms with E-state index in [4.69, 9.17) is 0 Å². The molecule has 0 saturated heterocycles. The Labute approximate surface area is 378 Å². The summed E-state index contributed by atoms with van der Waals surface area (Å²) in [6.07, 6.45) is 1.94. The number of hydrogen-bond donors (Lipinski definition) is 9. The molecular weight excluding hydrogens is 835 g/mol. The number of benzene rings is 3. The van der Waals surface area contributed by atoms with Crippen molar-refractivity contribution in [1.82, 2.24) is 36.9 Å². The first-order valence-corrected chi connectivity index (χ1v) is 21.9. The number of fused-ring (bicyclic) bond motifs is 1. The summed E-state index contributed by atoms with van der Waals surface area (Å²) in [5.74, 6) is -8.37. The van der Waals surface area contributed by atoms with Gasteiger partial charge in [-0.3, -0.25) is 33.6 Å². The van der Waals surface area contributed by atoms with Crippen LogP contribution in [0.15, 0.2) is 91.1 Å². The number of carbonyl (C=O) groups is 8. The van der Waals surface area contributed by atoms with Gasteiger partial charge in [-0.15, -0.1) is 0 Å². The number of nitrogens with one attached hydrogen (secondary N) is 7. The average Bonchev–Trinajstić information content (AvgIpc) is 3.69. The lowest BCUT2D eigenvalue weighted by atomic mass is 9.94. The molecule has 1 heterocycles. The molecule has 0 spiro atoms. The summed E-state index contributed by atoms with van der Waals surface area (Å²) in [6, 6.07) is 17.4. The van der Waals surface area contributed by atoms with E-state index in [0.717, 1.165) is 22.0 Å². The number of aryl methyl sites for hydroxylation is 1. The van der Waals surface area contributed by atoms with E-state index in [0.29, 0.717) is 24.8 Å². The van der Waals surface area contributed by atoms with Gasteiger partial charge in [-0.2, -0.15) is 0 Å². The summed E-state index contributed by atoms with van der Waals surface area (Å²) >= 11 is 0. The van der Waals surface area contributed by atoms with Crippen LogP contribution in [0, 0.1) is 11.8 Å². The first kappa shape index (κ1) is 50.6. The Morgan fingerprint density at radius 1 is 0.554 bits per heavy atom. The number of para-hydroxylation sites is 1. The van der Waals surface area contributed by atoms with E-state index in [-0.39, 0.29) is 19.3 Å². The number of carboxylic acids is 2. The highest BCUT2D eigenvalue weighted by Crippen LogP contribution is 2.20. The zero-order chi connectivity index (χ0) is 47.6. The molecule has 3 aromatic carbocycles. The number of carboxylic acid groups (broad SMARTS) is 2.